The topological polar surface area (TPSA) is 67.6 Å². The van der Waals surface area contributed by atoms with Crippen molar-refractivity contribution in [2.24, 2.45) is 0 Å². The minimum Gasteiger partial charge on any atom is -0.237 e. The SMILES string of the molecule is [NH3+]OCc1ccc(-n2cccn2)nc1. The number of quaternary nitrogens is 1. The van der Waals surface area contributed by atoms with Crippen LogP contribution in [0.3, 0.4) is 0 Å². The lowest BCUT2D eigenvalue weighted by Gasteiger charge is -2.00. The van der Waals surface area contributed by atoms with Gasteiger partial charge < -0.3 is 0 Å². The Morgan fingerprint density at radius 1 is 1.43 bits per heavy atom. The van der Waals surface area contributed by atoms with Crippen molar-refractivity contribution >= 4 is 0 Å². The van der Waals surface area contributed by atoms with Crippen molar-refractivity contribution in [3.05, 3.63) is 42.4 Å². The molecule has 0 atom stereocenters. The molecule has 0 aliphatic rings. The van der Waals surface area contributed by atoms with E-state index in [2.05, 4.69) is 16.0 Å². The lowest BCUT2D eigenvalue weighted by molar-refractivity contribution is -0.695. The molecule has 0 aliphatic heterocycles. The van der Waals surface area contributed by atoms with Gasteiger partial charge in [0.15, 0.2) is 5.82 Å². The number of pyridine rings is 1. The maximum atomic E-state index is 4.75. The van der Waals surface area contributed by atoms with Crippen LogP contribution in [0.15, 0.2) is 36.8 Å². The fourth-order valence-corrected chi connectivity index (χ4v) is 1.16. The second-order valence-electron chi connectivity index (χ2n) is 2.82. The van der Waals surface area contributed by atoms with Crippen LogP contribution >= 0.6 is 0 Å². The molecular formula is C9H11N4O+. The van der Waals surface area contributed by atoms with E-state index in [-0.39, 0.29) is 0 Å². The Morgan fingerprint density at radius 3 is 2.93 bits per heavy atom. The lowest BCUT2D eigenvalue weighted by Crippen LogP contribution is -2.48. The fourth-order valence-electron chi connectivity index (χ4n) is 1.16. The van der Waals surface area contributed by atoms with Crippen molar-refractivity contribution in [3.63, 3.8) is 0 Å². The molecule has 0 aliphatic carbocycles. The number of aromatic nitrogens is 3. The zero-order valence-electron chi connectivity index (χ0n) is 7.63. The van der Waals surface area contributed by atoms with Crippen molar-refractivity contribution in [3.8, 4) is 5.82 Å². The van der Waals surface area contributed by atoms with Crippen LogP contribution in [-0.4, -0.2) is 14.8 Å². The molecule has 2 heterocycles. The highest BCUT2D eigenvalue weighted by molar-refractivity contribution is 5.23. The standard InChI is InChI=1S/C9H11N4O/c10-14-7-8-2-3-9(11-6-8)13-5-1-4-12-13/h1-6H,7H2,10H3/q+1. The summed E-state index contributed by atoms with van der Waals surface area (Å²) >= 11 is 0. The molecule has 0 radical (unpaired) electrons. The molecule has 0 bridgehead atoms. The van der Waals surface area contributed by atoms with Crippen LogP contribution in [0.5, 0.6) is 0 Å². The molecule has 0 aromatic carbocycles. The van der Waals surface area contributed by atoms with Gasteiger partial charge in [-0.2, -0.15) is 5.10 Å². The van der Waals surface area contributed by atoms with E-state index in [1.54, 1.807) is 17.1 Å². The van der Waals surface area contributed by atoms with Gasteiger partial charge in [-0.1, -0.05) is 6.07 Å². The number of nitrogens with zero attached hydrogens (tertiary/aromatic N) is 3. The minimum atomic E-state index is 0.479. The zero-order valence-corrected chi connectivity index (χ0v) is 7.63. The Balaban J connectivity index is 2.22. The van der Waals surface area contributed by atoms with Crippen molar-refractivity contribution < 1.29 is 10.7 Å². The number of hydrogen-bond acceptors (Lipinski definition) is 3. The predicted octanol–water partition coefficient (Wildman–Crippen LogP) is -0.0592. The van der Waals surface area contributed by atoms with Gasteiger partial charge in [0.05, 0.1) is 0 Å². The van der Waals surface area contributed by atoms with Crippen molar-refractivity contribution in [1.82, 2.24) is 14.8 Å². The highest BCUT2D eigenvalue weighted by Crippen LogP contribution is 2.04. The first kappa shape index (κ1) is 8.86. The van der Waals surface area contributed by atoms with Gasteiger partial charge in [-0.3, -0.25) is 0 Å². The van der Waals surface area contributed by atoms with Crippen molar-refractivity contribution in [2.75, 3.05) is 0 Å². The van der Waals surface area contributed by atoms with E-state index < -0.39 is 0 Å². The molecule has 72 valence electrons. The molecule has 5 nitrogen and oxygen atoms in total. The van der Waals surface area contributed by atoms with Crippen LogP contribution in [0, 0.1) is 0 Å². The second-order valence-corrected chi connectivity index (χ2v) is 2.82. The van der Waals surface area contributed by atoms with Crippen LogP contribution in [0.2, 0.25) is 0 Å². The molecule has 3 N–H and O–H groups in total. The number of hydrogen-bond donors (Lipinski definition) is 1. The van der Waals surface area contributed by atoms with Gasteiger partial charge in [-0.05, 0) is 12.1 Å². The van der Waals surface area contributed by atoms with Crippen LogP contribution in [0.4, 0.5) is 0 Å². The average Bonchev–Trinajstić information content (AvgIpc) is 2.72. The van der Waals surface area contributed by atoms with E-state index in [0.29, 0.717) is 6.61 Å². The summed E-state index contributed by atoms with van der Waals surface area (Å²) < 4.78 is 1.70. The first-order valence-electron chi connectivity index (χ1n) is 4.22. The maximum absolute atomic E-state index is 4.75. The van der Waals surface area contributed by atoms with Crippen LogP contribution in [0.1, 0.15) is 5.56 Å². The quantitative estimate of drug-likeness (QED) is 0.691. The Kier molecular flexibility index (Phi) is 2.53. The van der Waals surface area contributed by atoms with Crippen LogP contribution < -0.4 is 5.90 Å². The summed E-state index contributed by atoms with van der Waals surface area (Å²) in [5.41, 5.74) is 0.996. The van der Waals surface area contributed by atoms with Gasteiger partial charge >= 0.3 is 0 Å². The van der Waals surface area contributed by atoms with Crippen molar-refractivity contribution in [2.45, 2.75) is 6.61 Å². The molecule has 14 heavy (non-hydrogen) atoms. The highest BCUT2D eigenvalue weighted by Gasteiger charge is 1.98. The third-order valence-electron chi connectivity index (χ3n) is 1.82. The summed E-state index contributed by atoms with van der Waals surface area (Å²) in [4.78, 5) is 8.98. The molecule has 5 heteroatoms. The monoisotopic (exact) mass is 191 g/mol. The van der Waals surface area contributed by atoms with Gasteiger partial charge in [0.1, 0.15) is 6.61 Å². The third kappa shape index (κ3) is 1.78. The first-order valence-corrected chi connectivity index (χ1v) is 4.22. The zero-order chi connectivity index (χ0) is 9.80. The van der Waals surface area contributed by atoms with Gasteiger partial charge in [0.25, 0.3) is 0 Å². The molecule has 2 aromatic heterocycles. The maximum Gasteiger partial charge on any atom is 0.153 e. The Hall–Kier alpha value is -1.72. The number of rotatable bonds is 3. The average molecular weight is 191 g/mol. The molecule has 2 aromatic rings. The second kappa shape index (κ2) is 3.99. The van der Waals surface area contributed by atoms with Crippen LogP contribution in [0.25, 0.3) is 5.82 Å². The molecule has 0 saturated heterocycles. The van der Waals surface area contributed by atoms with E-state index in [9.17, 15) is 0 Å². The fraction of sp³-hybridized carbons (Fsp3) is 0.111. The van der Waals surface area contributed by atoms with E-state index in [1.165, 1.54) is 0 Å². The smallest absolute Gasteiger partial charge is 0.153 e. The molecular weight excluding hydrogens is 180 g/mol. The molecule has 2 rings (SSSR count). The van der Waals surface area contributed by atoms with Crippen LogP contribution in [-0.2, 0) is 11.4 Å². The Bertz CT molecular complexity index is 382. The normalized spacial score (nSPS) is 10.4. The molecule has 0 spiro atoms. The lowest BCUT2D eigenvalue weighted by atomic mass is 10.3. The van der Waals surface area contributed by atoms with Gasteiger partial charge in [-0.25, -0.2) is 20.4 Å². The predicted molar refractivity (Wildman–Crippen MR) is 49.0 cm³/mol. The van der Waals surface area contributed by atoms with E-state index in [1.807, 2.05) is 24.4 Å². The Labute approximate surface area is 81.1 Å². The minimum absolute atomic E-state index is 0.479. The van der Waals surface area contributed by atoms with Gasteiger partial charge in [-0.15, -0.1) is 0 Å². The molecule has 0 fully saturated rings. The summed E-state index contributed by atoms with van der Waals surface area (Å²) in [5.74, 6) is 4.10. The summed E-state index contributed by atoms with van der Waals surface area (Å²) in [6, 6.07) is 5.69. The largest absolute Gasteiger partial charge is 0.237 e. The summed E-state index contributed by atoms with van der Waals surface area (Å²) in [5, 5.41) is 4.07. The third-order valence-corrected chi connectivity index (χ3v) is 1.82. The Morgan fingerprint density at radius 2 is 2.36 bits per heavy atom. The highest BCUT2D eigenvalue weighted by atomic mass is 16.6. The molecule has 0 unspecified atom stereocenters. The summed E-state index contributed by atoms with van der Waals surface area (Å²) in [6.07, 6.45) is 5.32. The van der Waals surface area contributed by atoms with Gasteiger partial charge in [0.2, 0.25) is 0 Å². The van der Waals surface area contributed by atoms with Crippen molar-refractivity contribution in [1.29, 1.82) is 0 Å². The summed E-state index contributed by atoms with van der Waals surface area (Å²) in [6.45, 7) is 0.479. The first-order chi connectivity index (χ1) is 6.90. The van der Waals surface area contributed by atoms with E-state index in [0.717, 1.165) is 11.4 Å². The van der Waals surface area contributed by atoms with Gasteiger partial charge in [0, 0.05) is 24.2 Å². The van der Waals surface area contributed by atoms with E-state index >= 15 is 0 Å². The molecule has 0 amide bonds. The summed E-state index contributed by atoms with van der Waals surface area (Å²) in [7, 11) is 0. The molecule has 0 saturated carbocycles. The van der Waals surface area contributed by atoms with E-state index in [4.69, 9.17) is 4.84 Å².